The first-order valence-electron chi connectivity index (χ1n) is 3.36. The summed E-state index contributed by atoms with van der Waals surface area (Å²) in [6.45, 7) is 0. The Morgan fingerprint density at radius 3 is 2.00 bits per heavy atom. The number of hydrogen-bond acceptors (Lipinski definition) is 3. The Bertz CT molecular complexity index is 252. The molecular formula is C8H7N3O. The van der Waals surface area contributed by atoms with Gasteiger partial charge in [0.25, 0.3) is 5.91 Å². The van der Waals surface area contributed by atoms with Gasteiger partial charge in [0.2, 0.25) is 0 Å². The van der Waals surface area contributed by atoms with Crippen molar-refractivity contribution in [2.45, 2.75) is 0 Å². The van der Waals surface area contributed by atoms with Crippen LogP contribution < -0.4 is 0 Å². The fourth-order valence-electron chi connectivity index (χ4n) is 0.533. The fraction of sp³-hybridized carbons (Fsp3) is 0. The highest BCUT2D eigenvalue weighted by atomic mass is 16.1. The van der Waals surface area contributed by atoms with Crippen molar-refractivity contribution < 1.29 is 4.79 Å². The van der Waals surface area contributed by atoms with Crippen LogP contribution in [0.5, 0.6) is 0 Å². The molecule has 1 aliphatic heterocycles. The van der Waals surface area contributed by atoms with Crippen molar-refractivity contribution >= 4 is 5.91 Å². The Balaban J connectivity index is 0.000000120. The highest BCUT2D eigenvalue weighted by molar-refractivity contribution is 5.89. The molecular weight excluding hydrogens is 154 g/mol. The zero-order chi connectivity index (χ0) is 8.65. The first-order valence-corrected chi connectivity index (χ1v) is 3.36. The van der Waals surface area contributed by atoms with Gasteiger partial charge in [0.1, 0.15) is 0 Å². The molecule has 4 heteroatoms. The number of azo groups is 1. The summed E-state index contributed by atoms with van der Waals surface area (Å²) < 4.78 is 0. The fourth-order valence-corrected chi connectivity index (χ4v) is 0.533. The lowest BCUT2D eigenvalue weighted by atomic mass is 10.5. The van der Waals surface area contributed by atoms with Gasteiger partial charge in [-0.3, -0.25) is 9.78 Å². The van der Waals surface area contributed by atoms with Crippen LogP contribution in [0.3, 0.4) is 0 Å². The zero-order valence-electron chi connectivity index (χ0n) is 6.29. The van der Waals surface area contributed by atoms with E-state index in [1.807, 2.05) is 18.2 Å². The predicted molar refractivity (Wildman–Crippen MR) is 43.2 cm³/mol. The van der Waals surface area contributed by atoms with Gasteiger partial charge in [-0.05, 0) is 12.1 Å². The maximum Gasteiger partial charge on any atom is 0.289 e. The number of aromatic nitrogens is 1. The predicted octanol–water partition coefficient (Wildman–Crippen LogP) is 1.57. The lowest BCUT2D eigenvalue weighted by molar-refractivity contribution is -0.113. The first kappa shape index (κ1) is 8.26. The van der Waals surface area contributed by atoms with Gasteiger partial charge in [-0.25, -0.2) is 0 Å². The molecule has 12 heavy (non-hydrogen) atoms. The molecule has 1 amide bonds. The van der Waals surface area contributed by atoms with Crippen molar-refractivity contribution in [2.24, 2.45) is 10.2 Å². The van der Waals surface area contributed by atoms with Crippen LogP contribution in [-0.4, -0.2) is 10.9 Å². The van der Waals surface area contributed by atoms with Gasteiger partial charge in [-0.2, -0.15) is 5.11 Å². The van der Waals surface area contributed by atoms with E-state index < -0.39 is 0 Å². The van der Waals surface area contributed by atoms with Crippen LogP contribution >= 0.6 is 0 Å². The lowest BCUT2D eigenvalue weighted by Crippen LogP contribution is -1.74. The summed E-state index contributed by atoms with van der Waals surface area (Å²) in [6, 6.07) is 5.72. The van der Waals surface area contributed by atoms with Crippen molar-refractivity contribution in [3.63, 3.8) is 0 Å². The molecule has 2 heterocycles. The Morgan fingerprint density at radius 2 is 1.83 bits per heavy atom. The van der Waals surface area contributed by atoms with Gasteiger partial charge >= 0.3 is 0 Å². The third kappa shape index (κ3) is 3.36. The molecule has 0 saturated carbocycles. The molecule has 1 aromatic rings. The number of nitrogens with zero attached hydrogens (tertiary/aromatic N) is 3. The Morgan fingerprint density at radius 1 is 1.08 bits per heavy atom. The molecule has 0 aromatic carbocycles. The molecule has 0 saturated heterocycles. The van der Waals surface area contributed by atoms with Crippen LogP contribution in [0.1, 0.15) is 0 Å². The van der Waals surface area contributed by atoms with Crippen molar-refractivity contribution in [3.05, 3.63) is 42.9 Å². The van der Waals surface area contributed by atoms with Gasteiger partial charge < -0.3 is 0 Å². The Labute approximate surface area is 69.7 Å². The molecule has 60 valence electrons. The summed E-state index contributed by atoms with van der Waals surface area (Å²) in [5.74, 6) is -0.269. The first-order chi connectivity index (χ1) is 5.89. The van der Waals surface area contributed by atoms with Gasteiger partial charge in [-0.1, -0.05) is 6.07 Å². The van der Waals surface area contributed by atoms with Gasteiger partial charge in [0, 0.05) is 18.5 Å². The second kappa shape index (κ2) is 4.90. The van der Waals surface area contributed by atoms with Crippen molar-refractivity contribution in [3.8, 4) is 0 Å². The Hall–Kier alpha value is -1.84. The van der Waals surface area contributed by atoms with Crippen LogP contribution in [-0.2, 0) is 4.79 Å². The quantitative estimate of drug-likeness (QED) is 0.580. The number of pyridine rings is 1. The molecule has 0 unspecified atom stereocenters. The highest BCUT2D eigenvalue weighted by Crippen LogP contribution is 1.90. The minimum atomic E-state index is -0.269. The summed E-state index contributed by atoms with van der Waals surface area (Å²) >= 11 is 0. The van der Waals surface area contributed by atoms with Crippen LogP contribution in [0.25, 0.3) is 0 Å². The van der Waals surface area contributed by atoms with E-state index in [2.05, 4.69) is 15.2 Å². The zero-order valence-corrected chi connectivity index (χ0v) is 6.29. The smallest absolute Gasteiger partial charge is 0.266 e. The van der Waals surface area contributed by atoms with E-state index in [1.54, 1.807) is 12.4 Å². The van der Waals surface area contributed by atoms with Crippen LogP contribution in [0.2, 0.25) is 0 Å². The summed E-state index contributed by atoms with van der Waals surface area (Å²) in [5.41, 5.74) is 0. The van der Waals surface area contributed by atoms with E-state index >= 15 is 0 Å². The molecule has 0 spiro atoms. The topological polar surface area (TPSA) is 54.7 Å². The number of carbonyl (C=O) groups is 1. The summed E-state index contributed by atoms with van der Waals surface area (Å²) in [7, 11) is 0. The van der Waals surface area contributed by atoms with Crippen molar-refractivity contribution in [1.29, 1.82) is 0 Å². The van der Waals surface area contributed by atoms with E-state index in [0.717, 1.165) is 0 Å². The highest BCUT2D eigenvalue weighted by Gasteiger charge is 1.92. The average Bonchev–Trinajstić information content (AvgIpc) is 2.60. The molecule has 0 bridgehead atoms. The largest absolute Gasteiger partial charge is 0.289 e. The van der Waals surface area contributed by atoms with Crippen molar-refractivity contribution in [2.75, 3.05) is 0 Å². The van der Waals surface area contributed by atoms with Crippen LogP contribution in [0, 0.1) is 0 Å². The summed E-state index contributed by atoms with van der Waals surface area (Å²) in [6.07, 6.45) is 6.17. The Kier molecular flexibility index (Phi) is 3.37. The standard InChI is InChI=1S/C5H5N.C3H2N2O/c1-2-4-6-5-3-1;6-3-1-2-4-5-3/h1-5H;1-2H. The van der Waals surface area contributed by atoms with Gasteiger partial charge in [0.15, 0.2) is 0 Å². The maximum atomic E-state index is 9.90. The monoisotopic (exact) mass is 161 g/mol. The summed E-state index contributed by atoms with van der Waals surface area (Å²) in [4.78, 5) is 13.7. The normalized spacial score (nSPS) is 12.5. The minimum Gasteiger partial charge on any atom is -0.266 e. The molecule has 0 N–H and O–H groups in total. The van der Waals surface area contributed by atoms with E-state index in [0.29, 0.717) is 0 Å². The molecule has 0 radical (unpaired) electrons. The van der Waals surface area contributed by atoms with Crippen LogP contribution in [0.4, 0.5) is 0 Å². The number of rotatable bonds is 0. The molecule has 4 nitrogen and oxygen atoms in total. The van der Waals surface area contributed by atoms with Crippen LogP contribution in [0.15, 0.2) is 53.1 Å². The number of carbonyl (C=O) groups excluding carboxylic acids is 1. The molecule has 0 aliphatic carbocycles. The molecule has 2 rings (SSSR count). The lowest BCUT2D eigenvalue weighted by Gasteiger charge is -1.70. The molecule has 1 aliphatic rings. The van der Waals surface area contributed by atoms with E-state index in [-0.39, 0.29) is 5.91 Å². The maximum absolute atomic E-state index is 9.90. The SMILES string of the molecule is O=C1C=CN=N1.c1ccncc1. The second-order valence-electron chi connectivity index (χ2n) is 1.89. The van der Waals surface area contributed by atoms with E-state index in [9.17, 15) is 4.79 Å². The third-order valence-corrected chi connectivity index (χ3v) is 1.01. The third-order valence-electron chi connectivity index (χ3n) is 1.01. The molecule has 0 atom stereocenters. The number of hydrogen-bond donors (Lipinski definition) is 0. The van der Waals surface area contributed by atoms with E-state index in [4.69, 9.17) is 0 Å². The van der Waals surface area contributed by atoms with Gasteiger partial charge in [0.05, 0.1) is 6.20 Å². The van der Waals surface area contributed by atoms with Gasteiger partial charge in [-0.15, -0.1) is 5.11 Å². The molecule has 0 fully saturated rings. The summed E-state index contributed by atoms with van der Waals surface area (Å²) in [5, 5.41) is 6.37. The number of amides is 1. The molecule has 1 aromatic heterocycles. The average molecular weight is 161 g/mol. The second-order valence-corrected chi connectivity index (χ2v) is 1.89. The minimum absolute atomic E-state index is 0.269. The van der Waals surface area contributed by atoms with Crippen molar-refractivity contribution in [1.82, 2.24) is 4.98 Å². The van der Waals surface area contributed by atoms with E-state index in [1.165, 1.54) is 12.3 Å².